The van der Waals surface area contributed by atoms with Crippen LogP contribution in [0.4, 0.5) is 5.82 Å². The molecule has 1 N–H and O–H groups in total. The molecule has 0 radical (unpaired) electrons. The summed E-state index contributed by atoms with van der Waals surface area (Å²) in [6, 6.07) is 12.2. The second-order valence-corrected chi connectivity index (χ2v) is 7.61. The Balaban J connectivity index is 0.00000210. The Kier molecular flexibility index (Phi) is 10.8. The third-order valence-corrected chi connectivity index (χ3v) is 5.12. The van der Waals surface area contributed by atoms with Gasteiger partial charge in [0.1, 0.15) is 24.3 Å². The van der Waals surface area contributed by atoms with E-state index in [0.717, 1.165) is 37.7 Å². The first-order chi connectivity index (χ1) is 13.0. The molecule has 1 aliphatic rings. The number of aromatic nitrogens is 1. The number of aliphatic hydroxyl groups excluding tert-OH is 1. The highest BCUT2D eigenvalue weighted by Gasteiger charge is 2.20. The number of aryl methyl sites for hydroxylation is 1. The molecule has 0 amide bonds. The lowest BCUT2D eigenvalue weighted by Gasteiger charge is -2.36. The van der Waals surface area contributed by atoms with Crippen LogP contribution in [0, 0.1) is 6.92 Å². The molecule has 1 aromatic heterocycles. The van der Waals surface area contributed by atoms with Crippen molar-refractivity contribution in [3.8, 4) is 5.75 Å². The zero-order valence-electron chi connectivity index (χ0n) is 17.5. The molecule has 1 aliphatic heterocycles. The van der Waals surface area contributed by atoms with E-state index in [1.54, 1.807) is 0 Å². The summed E-state index contributed by atoms with van der Waals surface area (Å²) in [5, 5.41) is 10.4. The van der Waals surface area contributed by atoms with Gasteiger partial charge < -0.3 is 14.7 Å². The second kappa shape index (κ2) is 12.2. The number of β-amino-alcohol motifs (C(OH)–C–C–N with tert-alkyl or cyclic N) is 1. The Hall–Kier alpha value is -1.53. The summed E-state index contributed by atoms with van der Waals surface area (Å²) in [7, 11) is 0. The lowest BCUT2D eigenvalue weighted by molar-refractivity contribution is 0.0662. The Morgan fingerprint density at radius 3 is 2.38 bits per heavy atom. The normalized spacial score (nSPS) is 15.4. The van der Waals surface area contributed by atoms with E-state index in [1.807, 2.05) is 30.5 Å². The van der Waals surface area contributed by atoms with E-state index < -0.39 is 6.10 Å². The van der Waals surface area contributed by atoms with E-state index >= 15 is 0 Å². The fraction of sp³-hybridized carbons (Fsp3) is 0.500. The molecular formula is C22H33Cl2N3O2. The second-order valence-electron chi connectivity index (χ2n) is 7.61. The maximum absolute atomic E-state index is 10.4. The van der Waals surface area contributed by atoms with Crippen LogP contribution in [0.3, 0.4) is 0 Å². The van der Waals surface area contributed by atoms with Gasteiger partial charge in [0.25, 0.3) is 0 Å². The number of anilines is 1. The third kappa shape index (κ3) is 7.34. The smallest absolute Gasteiger partial charge is 0.128 e. The molecule has 1 atom stereocenters. The predicted molar refractivity (Wildman–Crippen MR) is 124 cm³/mol. The van der Waals surface area contributed by atoms with Crippen LogP contribution in [0.25, 0.3) is 0 Å². The number of benzene rings is 1. The molecular weight excluding hydrogens is 409 g/mol. The average molecular weight is 442 g/mol. The van der Waals surface area contributed by atoms with E-state index in [-0.39, 0.29) is 24.8 Å². The van der Waals surface area contributed by atoms with Gasteiger partial charge in [-0.05, 0) is 48.2 Å². The van der Waals surface area contributed by atoms with Crippen LogP contribution < -0.4 is 9.64 Å². The maximum atomic E-state index is 10.4. The van der Waals surface area contributed by atoms with Gasteiger partial charge >= 0.3 is 0 Å². The number of hydrogen-bond acceptors (Lipinski definition) is 5. The molecule has 162 valence electrons. The Morgan fingerprint density at radius 1 is 1.07 bits per heavy atom. The van der Waals surface area contributed by atoms with Gasteiger partial charge in [-0.3, -0.25) is 4.90 Å². The quantitative estimate of drug-likeness (QED) is 0.705. The molecule has 1 saturated heterocycles. The minimum atomic E-state index is -0.489. The fourth-order valence-corrected chi connectivity index (χ4v) is 3.63. The molecule has 0 saturated carbocycles. The lowest BCUT2D eigenvalue weighted by atomic mass is 9.98. The van der Waals surface area contributed by atoms with E-state index in [4.69, 9.17) is 4.74 Å². The van der Waals surface area contributed by atoms with Gasteiger partial charge in [0.15, 0.2) is 0 Å². The average Bonchev–Trinajstić information content (AvgIpc) is 2.67. The topological polar surface area (TPSA) is 48.8 Å². The maximum Gasteiger partial charge on any atom is 0.128 e. The fourth-order valence-electron chi connectivity index (χ4n) is 3.63. The van der Waals surface area contributed by atoms with Crippen LogP contribution in [0.5, 0.6) is 5.75 Å². The molecule has 1 aromatic carbocycles. The van der Waals surface area contributed by atoms with Crippen molar-refractivity contribution in [3.05, 3.63) is 53.7 Å². The highest BCUT2D eigenvalue weighted by Crippen LogP contribution is 2.23. The zero-order valence-corrected chi connectivity index (χ0v) is 19.1. The highest BCUT2D eigenvalue weighted by atomic mass is 35.5. The van der Waals surface area contributed by atoms with Gasteiger partial charge in [0.2, 0.25) is 0 Å². The summed E-state index contributed by atoms with van der Waals surface area (Å²) in [6.45, 7) is 11.2. The van der Waals surface area contributed by atoms with Crippen LogP contribution in [0.1, 0.15) is 30.9 Å². The molecule has 7 heteroatoms. The van der Waals surface area contributed by atoms with E-state index in [1.165, 1.54) is 11.1 Å². The van der Waals surface area contributed by atoms with Crippen molar-refractivity contribution in [2.24, 2.45) is 0 Å². The van der Waals surface area contributed by atoms with Crippen molar-refractivity contribution < 1.29 is 9.84 Å². The van der Waals surface area contributed by atoms with Crippen molar-refractivity contribution in [1.29, 1.82) is 0 Å². The van der Waals surface area contributed by atoms with Crippen LogP contribution in [-0.4, -0.2) is 60.4 Å². The lowest BCUT2D eigenvalue weighted by Crippen LogP contribution is -2.49. The minimum Gasteiger partial charge on any atom is -0.491 e. The van der Waals surface area contributed by atoms with Crippen LogP contribution in [-0.2, 0) is 0 Å². The number of pyridine rings is 1. The Morgan fingerprint density at radius 2 is 1.79 bits per heavy atom. The Bertz CT molecular complexity index is 723. The van der Waals surface area contributed by atoms with Crippen molar-refractivity contribution in [3.63, 3.8) is 0 Å². The van der Waals surface area contributed by atoms with Crippen molar-refractivity contribution >= 4 is 30.6 Å². The van der Waals surface area contributed by atoms with E-state index in [0.29, 0.717) is 19.1 Å². The van der Waals surface area contributed by atoms with Gasteiger partial charge in [-0.25, -0.2) is 4.98 Å². The molecule has 0 bridgehead atoms. The van der Waals surface area contributed by atoms with Gasteiger partial charge in [0.05, 0.1) is 0 Å². The SMILES string of the molecule is Cc1cc(OCC(O)CN2CCN(c3ccccn3)CC2)ccc1C(C)C.Cl.Cl. The summed E-state index contributed by atoms with van der Waals surface area (Å²) in [5.41, 5.74) is 2.58. The number of aliphatic hydroxyl groups is 1. The summed E-state index contributed by atoms with van der Waals surface area (Å²) >= 11 is 0. The minimum absolute atomic E-state index is 0. The molecule has 1 fully saturated rings. The van der Waals surface area contributed by atoms with Gasteiger partial charge in [-0.1, -0.05) is 26.0 Å². The Labute approximate surface area is 186 Å². The number of piperazine rings is 1. The third-order valence-electron chi connectivity index (χ3n) is 5.12. The van der Waals surface area contributed by atoms with Gasteiger partial charge in [0, 0.05) is 38.9 Å². The van der Waals surface area contributed by atoms with E-state index in [2.05, 4.69) is 47.7 Å². The monoisotopic (exact) mass is 441 g/mol. The molecule has 2 heterocycles. The predicted octanol–water partition coefficient (Wildman–Crippen LogP) is 3.92. The largest absolute Gasteiger partial charge is 0.491 e. The standard InChI is InChI=1S/C22H31N3O2.2ClH/c1-17(2)21-8-7-20(14-18(21)3)27-16-19(26)15-24-10-12-25(13-11-24)22-6-4-5-9-23-22;;/h4-9,14,17,19,26H,10-13,15-16H2,1-3H3;2*1H. The molecule has 2 aromatic rings. The molecule has 3 rings (SSSR count). The van der Waals surface area contributed by atoms with Crippen molar-refractivity contribution in [2.45, 2.75) is 32.8 Å². The molecule has 1 unspecified atom stereocenters. The first kappa shape index (κ1) is 25.5. The van der Waals surface area contributed by atoms with Crippen molar-refractivity contribution in [2.75, 3.05) is 44.2 Å². The summed E-state index contributed by atoms with van der Waals surface area (Å²) in [6.07, 6.45) is 1.34. The first-order valence-electron chi connectivity index (χ1n) is 9.82. The molecule has 5 nitrogen and oxygen atoms in total. The number of nitrogens with zero attached hydrogens (tertiary/aromatic N) is 3. The summed E-state index contributed by atoms with van der Waals surface area (Å²) in [4.78, 5) is 9.00. The van der Waals surface area contributed by atoms with Crippen LogP contribution >= 0.6 is 24.8 Å². The highest BCUT2D eigenvalue weighted by molar-refractivity contribution is 5.85. The van der Waals surface area contributed by atoms with Gasteiger partial charge in [-0.15, -0.1) is 24.8 Å². The number of rotatable bonds is 7. The zero-order chi connectivity index (χ0) is 19.2. The summed E-state index contributed by atoms with van der Waals surface area (Å²) in [5.74, 6) is 2.37. The van der Waals surface area contributed by atoms with Crippen LogP contribution in [0.2, 0.25) is 0 Å². The number of hydrogen-bond donors (Lipinski definition) is 1. The number of halogens is 2. The van der Waals surface area contributed by atoms with E-state index in [9.17, 15) is 5.11 Å². The molecule has 0 aliphatic carbocycles. The molecule has 0 spiro atoms. The van der Waals surface area contributed by atoms with Gasteiger partial charge in [-0.2, -0.15) is 0 Å². The molecule has 29 heavy (non-hydrogen) atoms. The first-order valence-corrected chi connectivity index (χ1v) is 9.82. The van der Waals surface area contributed by atoms with Crippen LogP contribution in [0.15, 0.2) is 42.6 Å². The number of ether oxygens (including phenoxy) is 1. The van der Waals surface area contributed by atoms with Crippen molar-refractivity contribution in [1.82, 2.24) is 9.88 Å². The summed E-state index contributed by atoms with van der Waals surface area (Å²) < 4.78 is 5.82.